The van der Waals surface area contributed by atoms with Gasteiger partial charge in [0, 0.05) is 4.47 Å². The van der Waals surface area contributed by atoms with Crippen LogP contribution in [0, 0.1) is 6.92 Å². The molecule has 5 heteroatoms. The Kier molecular flexibility index (Phi) is 3.14. The number of hydrogen-bond acceptors (Lipinski definition) is 3. The molecule has 1 heterocycles. The normalized spacial score (nSPS) is 10.9. The molecule has 3 rings (SSSR count). The lowest BCUT2D eigenvalue weighted by molar-refractivity contribution is 0.419. The van der Waals surface area contributed by atoms with E-state index in [1.165, 1.54) is 0 Å². The predicted octanol–water partition coefficient (Wildman–Crippen LogP) is 3.69. The first-order valence-corrected chi connectivity index (χ1v) is 6.98. The molecule has 0 atom stereocenters. The van der Waals surface area contributed by atoms with E-state index in [1.807, 2.05) is 41.8 Å². The molecule has 102 valence electrons. The summed E-state index contributed by atoms with van der Waals surface area (Å²) >= 11 is 3.47. The van der Waals surface area contributed by atoms with Crippen molar-refractivity contribution >= 4 is 32.9 Å². The minimum atomic E-state index is 0.454. The van der Waals surface area contributed by atoms with Gasteiger partial charge in [0.25, 0.3) is 0 Å². The van der Waals surface area contributed by atoms with E-state index in [4.69, 9.17) is 10.5 Å². The van der Waals surface area contributed by atoms with Crippen LogP contribution in [0.1, 0.15) is 5.56 Å². The third kappa shape index (κ3) is 1.94. The second-order valence-electron chi connectivity index (χ2n) is 4.56. The molecule has 2 aromatic carbocycles. The standard InChI is InChI=1S/C15H14BrN3O/c1-9-8-10(16)6-7-11(9)19-12-4-3-5-13(20-2)14(12)18-15(19)17/h3-8H,1-2H3,(H2,17,18). The summed E-state index contributed by atoms with van der Waals surface area (Å²) in [5.41, 5.74) is 9.94. The van der Waals surface area contributed by atoms with Gasteiger partial charge in [0.2, 0.25) is 5.95 Å². The maximum absolute atomic E-state index is 6.10. The number of hydrogen-bond donors (Lipinski definition) is 1. The molecule has 0 amide bonds. The van der Waals surface area contributed by atoms with Crippen LogP contribution in [0.25, 0.3) is 16.7 Å². The molecule has 0 aliphatic heterocycles. The molecule has 0 saturated carbocycles. The van der Waals surface area contributed by atoms with E-state index in [0.717, 1.165) is 32.5 Å². The summed E-state index contributed by atoms with van der Waals surface area (Å²) in [7, 11) is 1.63. The molecule has 0 bridgehead atoms. The van der Waals surface area contributed by atoms with Crippen LogP contribution >= 0.6 is 15.9 Å². The van der Waals surface area contributed by atoms with Crippen LogP contribution in [0.5, 0.6) is 5.75 Å². The van der Waals surface area contributed by atoms with Crippen molar-refractivity contribution in [3.05, 3.63) is 46.4 Å². The monoisotopic (exact) mass is 331 g/mol. The van der Waals surface area contributed by atoms with Gasteiger partial charge in [-0.15, -0.1) is 0 Å². The van der Waals surface area contributed by atoms with Crippen molar-refractivity contribution < 1.29 is 4.74 Å². The van der Waals surface area contributed by atoms with Gasteiger partial charge in [-0.25, -0.2) is 4.98 Å². The third-order valence-electron chi connectivity index (χ3n) is 3.29. The van der Waals surface area contributed by atoms with Crippen molar-refractivity contribution in [2.24, 2.45) is 0 Å². The number of nitrogens with two attached hydrogens (primary N) is 1. The lowest BCUT2D eigenvalue weighted by Gasteiger charge is -2.10. The quantitative estimate of drug-likeness (QED) is 0.779. The summed E-state index contributed by atoms with van der Waals surface area (Å²) < 4.78 is 8.33. The van der Waals surface area contributed by atoms with Gasteiger partial charge in [-0.05, 0) is 42.8 Å². The first-order valence-electron chi connectivity index (χ1n) is 6.19. The fourth-order valence-corrected chi connectivity index (χ4v) is 2.85. The average molecular weight is 332 g/mol. The van der Waals surface area contributed by atoms with Crippen LogP contribution in [0.4, 0.5) is 5.95 Å². The molecule has 0 unspecified atom stereocenters. The van der Waals surface area contributed by atoms with Crippen LogP contribution < -0.4 is 10.5 Å². The Morgan fingerprint density at radius 2 is 2.05 bits per heavy atom. The van der Waals surface area contributed by atoms with Crippen LogP contribution in [0.2, 0.25) is 0 Å². The molecule has 0 aliphatic rings. The number of rotatable bonds is 2. The van der Waals surface area contributed by atoms with E-state index in [2.05, 4.69) is 27.0 Å². The first kappa shape index (κ1) is 13.0. The van der Waals surface area contributed by atoms with Gasteiger partial charge in [-0.1, -0.05) is 22.0 Å². The fourth-order valence-electron chi connectivity index (χ4n) is 2.38. The number of methoxy groups -OCH3 is 1. The Morgan fingerprint density at radius 3 is 2.75 bits per heavy atom. The van der Waals surface area contributed by atoms with Gasteiger partial charge in [0.15, 0.2) is 0 Å². The van der Waals surface area contributed by atoms with E-state index in [1.54, 1.807) is 7.11 Å². The van der Waals surface area contributed by atoms with Gasteiger partial charge < -0.3 is 10.5 Å². The summed E-state index contributed by atoms with van der Waals surface area (Å²) in [5, 5.41) is 0. The van der Waals surface area contributed by atoms with Crippen molar-refractivity contribution in [1.82, 2.24) is 9.55 Å². The van der Waals surface area contributed by atoms with Gasteiger partial charge in [0.1, 0.15) is 11.3 Å². The summed E-state index contributed by atoms with van der Waals surface area (Å²) in [6.07, 6.45) is 0. The van der Waals surface area contributed by atoms with Gasteiger partial charge in [0.05, 0.1) is 18.3 Å². The van der Waals surface area contributed by atoms with Crippen LogP contribution in [-0.2, 0) is 0 Å². The van der Waals surface area contributed by atoms with Crippen molar-refractivity contribution in [2.45, 2.75) is 6.92 Å². The zero-order valence-corrected chi connectivity index (χ0v) is 12.8. The molecule has 20 heavy (non-hydrogen) atoms. The number of para-hydroxylation sites is 1. The van der Waals surface area contributed by atoms with E-state index >= 15 is 0 Å². The minimum Gasteiger partial charge on any atom is -0.494 e. The molecule has 0 radical (unpaired) electrons. The van der Waals surface area contributed by atoms with Crippen molar-refractivity contribution in [3.63, 3.8) is 0 Å². The Hall–Kier alpha value is -2.01. The number of ether oxygens (including phenoxy) is 1. The zero-order valence-electron chi connectivity index (χ0n) is 11.2. The van der Waals surface area contributed by atoms with E-state index in [9.17, 15) is 0 Å². The number of halogens is 1. The lowest BCUT2D eigenvalue weighted by atomic mass is 10.2. The number of fused-ring (bicyclic) bond motifs is 1. The fraction of sp³-hybridized carbons (Fsp3) is 0.133. The first-order chi connectivity index (χ1) is 9.61. The largest absolute Gasteiger partial charge is 0.494 e. The van der Waals surface area contributed by atoms with Crippen molar-refractivity contribution in [2.75, 3.05) is 12.8 Å². The summed E-state index contributed by atoms with van der Waals surface area (Å²) in [5.74, 6) is 1.18. The number of nitrogen functional groups attached to an aromatic ring is 1. The molecule has 0 fully saturated rings. The Labute approximate surface area is 125 Å². The maximum Gasteiger partial charge on any atom is 0.206 e. The Balaban J connectivity index is 2.34. The van der Waals surface area contributed by atoms with Crippen LogP contribution in [0.15, 0.2) is 40.9 Å². The topological polar surface area (TPSA) is 53.1 Å². The highest BCUT2D eigenvalue weighted by atomic mass is 79.9. The number of aromatic nitrogens is 2. The average Bonchev–Trinajstić information content (AvgIpc) is 2.75. The van der Waals surface area contributed by atoms with Crippen molar-refractivity contribution in [3.8, 4) is 11.4 Å². The highest BCUT2D eigenvalue weighted by molar-refractivity contribution is 9.10. The van der Waals surface area contributed by atoms with Gasteiger partial charge >= 0.3 is 0 Å². The molecule has 2 N–H and O–H groups in total. The number of imidazole rings is 1. The Bertz CT molecular complexity index is 795. The number of aryl methyl sites for hydroxylation is 1. The molecule has 0 aliphatic carbocycles. The molecule has 1 aromatic heterocycles. The van der Waals surface area contributed by atoms with E-state index in [-0.39, 0.29) is 0 Å². The molecule has 4 nitrogen and oxygen atoms in total. The predicted molar refractivity (Wildman–Crippen MR) is 84.5 cm³/mol. The smallest absolute Gasteiger partial charge is 0.206 e. The molecular formula is C15H14BrN3O. The molecular weight excluding hydrogens is 318 g/mol. The van der Waals surface area contributed by atoms with Gasteiger partial charge in [-0.2, -0.15) is 0 Å². The molecule has 0 spiro atoms. The lowest BCUT2D eigenvalue weighted by Crippen LogP contribution is -2.02. The highest BCUT2D eigenvalue weighted by Gasteiger charge is 2.14. The maximum atomic E-state index is 6.10. The third-order valence-corrected chi connectivity index (χ3v) is 3.79. The summed E-state index contributed by atoms with van der Waals surface area (Å²) in [6, 6.07) is 11.9. The summed E-state index contributed by atoms with van der Waals surface area (Å²) in [6.45, 7) is 2.05. The van der Waals surface area contributed by atoms with Gasteiger partial charge in [-0.3, -0.25) is 4.57 Å². The van der Waals surface area contributed by atoms with E-state index < -0.39 is 0 Å². The number of anilines is 1. The second-order valence-corrected chi connectivity index (χ2v) is 5.48. The Morgan fingerprint density at radius 1 is 1.25 bits per heavy atom. The summed E-state index contributed by atoms with van der Waals surface area (Å²) in [4.78, 5) is 4.43. The second kappa shape index (κ2) is 4.83. The van der Waals surface area contributed by atoms with E-state index in [0.29, 0.717) is 5.95 Å². The highest BCUT2D eigenvalue weighted by Crippen LogP contribution is 2.31. The number of nitrogens with zero attached hydrogens (tertiary/aromatic N) is 2. The van der Waals surface area contributed by atoms with Crippen LogP contribution in [0.3, 0.4) is 0 Å². The zero-order chi connectivity index (χ0) is 14.3. The SMILES string of the molecule is COc1cccc2c1nc(N)n2-c1ccc(Br)cc1C. The van der Waals surface area contributed by atoms with Crippen LogP contribution in [-0.4, -0.2) is 16.7 Å². The van der Waals surface area contributed by atoms with Crippen molar-refractivity contribution in [1.29, 1.82) is 0 Å². The number of benzene rings is 2. The minimum absolute atomic E-state index is 0.454. The molecule has 3 aromatic rings. The molecule has 0 saturated heterocycles.